The van der Waals surface area contributed by atoms with E-state index in [1.807, 2.05) is 31.2 Å². The van der Waals surface area contributed by atoms with Crippen molar-refractivity contribution in [2.75, 3.05) is 19.6 Å². The van der Waals surface area contributed by atoms with Gasteiger partial charge in [-0.15, -0.1) is 12.4 Å². The van der Waals surface area contributed by atoms with E-state index < -0.39 is 0 Å². The Morgan fingerprint density at radius 1 is 1.48 bits per heavy atom. The van der Waals surface area contributed by atoms with E-state index in [-0.39, 0.29) is 18.3 Å². The molecule has 1 fully saturated rings. The number of rotatable bonds is 6. The van der Waals surface area contributed by atoms with Gasteiger partial charge >= 0.3 is 0 Å². The molecule has 2 N–H and O–H groups in total. The molecule has 2 heterocycles. The lowest BCUT2D eigenvalue weighted by molar-refractivity contribution is 0.0950. The van der Waals surface area contributed by atoms with Gasteiger partial charge in [-0.1, -0.05) is 24.6 Å². The van der Waals surface area contributed by atoms with Gasteiger partial charge in [0, 0.05) is 11.6 Å². The summed E-state index contributed by atoms with van der Waals surface area (Å²) in [5.74, 6) is 0.621. The van der Waals surface area contributed by atoms with Crippen LogP contribution >= 0.6 is 24.0 Å². The molecule has 1 unspecified atom stereocenters. The van der Waals surface area contributed by atoms with Crippen LogP contribution in [0.5, 0.6) is 0 Å². The number of hydrogen-bond acceptors (Lipinski definition) is 3. The van der Waals surface area contributed by atoms with Gasteiger partial charge in [0.1, 0.15) is 0 Å². The predicted octanol–water partition coefficient (Wildman–Crippen LogP) is 3.24. The largest absolute Gasteiger partial charge is 0.352 e. The monoisotopic (exact) mass is 382 g/mol. The normalized spacial score (nSPS) is 16.5. The number of aromatic nitrogens is 2. The van der Waals surface area contributed by atoms with Crippen LogP contribution in [-0.2, 0) is 6.42 Å². The molecule has 1 aromatic carbocycles. The van der Waals surface area contributed by atoms with Crippen LogP contribution < -0.4 is 10.6 Å². The van der Waals surface area contributed by atoms with E-state index >= 15 is 0 Å². The molecule has 2 aromatic rings. The van der Waals surface area contributed by atoms with Gasteiger partial charge in [-0.3, -0.25) is 4.79 Å². The maximum atomic E-state index is 12.5. The smallest absolute Gasteiger partial charge is 0.254 e. The van der Waals surface area contributed by atoms with Crippen molar-refractivity contribution in [1.29, 1.82) is 0 Å². The maximum absolute atomic E-state index is 12.5. The highest BCUT2D eigenvalue weighted by atomic mass is 35.5. The molecule has 1 aliphatic rings. The first-order chi connectivity index (χ1) is 11.7. The molecule has 136 valence electrons. The van der Waals surface area contributed by atoms with Crippen LogP contribution in [0.2, 0.25) is 5.02 Å². The van der Waals surface area contributed by atoms with Gasteiger partial charge in [0.25, 0.3) is 5.91 Å². The Kier molecular flexibility index (Phi) is 7.29. The number of carbonyl (C=O) groups excluding carboxylic acids is 1. The summed E-state index contributed by atoms with van der Waals surface area (Å²) in [5, 5.41) is 11.4. The predicted molar refractivity (Wildman–Crippen MR) is 103 cm³/mol. The highest BCUT2D eigenvalue weighted by molar-refractivity contribution is 6.30. The van der Waals surface area contributed by atoms with E-state index in [0.717, 1.165) is 37.3 Å². The quantitative estimate of drug-likeness (QED) is 0.805. The summed E-state index contributed by atoms with van der Waals surface area (Å²) >= 11 is 6.06. The lowest BCUT2D eigenvalue weighted by Crippen LogP contribution is -2.27. The van der Waals surface area contributed by atoms with Crippen LogP contribution in [-0.4, -0.2) is 35.3 Å². The second kappa shape index (κ2) is 9.22. The summed E-state index contributed by atoms with van der Waals surface area (Å²) in [6, 6.07) is 7.50. The number of nitrogens with one attached hydrogen (secondary N) is 2. The Morgan fingerprint density at radius 3 is 3.00 bits per heavy atom. The van der Waals surface area contributed by atoms with Crippen LogP contribution in [0.4, 0.5) is 0 Å². The third kappa shape index (κ3) is 4.75. The van der Waals surface area contributed by atoms with E-state index in [2.05, 4.69) is 15.7 Å². The van der Waals surface area contributed by atoms with Crippen LogP contribution in [0.15, 0.2) is 30.5 Å². The van der Waals surface area contributed by atoms with Crippen LogP contribution in [0.25, 0.3) is 5.69 Å². The third-order valence-electron chi connectivity index (χ3n) is 4.50. The summed E-state index contributed by atoms with van der Waals surface area (Å²) in [5.41, 5.74) is 2.41. The zero-order valence-electron chi connectivity index (χ0n) is 14.3. The van der Waals surface area contributed by atoms with E-state index in [4.69, 9.17) is 11.6 Å². The molecule has 1 aliphatic heterocycles. The van der Waals surface area contributed by atoms with E-state index in [9.17, 15) is 4.79 Å². The van der Waals surface area contributed by atoms with Gasteiger partial charge in [0.05, 0.1) is 23.1 Å². The second-order valence-electron chi connectivity index (χ2n) is 6.15. The fourth-order valence-electron chi connectivity index (χ4n) is 3.18. The summed E-state index contributed by atoms with van der Waals surface area (Å²) in [6.07, 6.45) is 4.58. The molecule has 0 bridgehead atoms. The van der Waals surface area contributed by atoms with Crippen LogP contribution in [0.3, 0.4) is 0 Å². The lowest BCUT2D eigenvalue weighted by atomic mass is 10.1. The van der Waals surface area contributed by atoms with Crippen molar-refractivity contribution in [3.63, 3.8) is 0 Å². The van der Waals surface area contributed by atoms with Crippen molar-refractivity contribution in [2.45, 2.75) is 26.2 Å². The number of benzene rings is 1. The zero-order valence-corrected chi connectivity index (χ0v) is 15.9. The van der Waals surface area contributed by atoms with Crippen LogP contribution in [0.1, 0.15) is 35.8 Å². The SMILES string of the molecule is CCc1c(C(=O)NCCC2CCNC2)cnn1-c1cccc(Cl)c1.Cl. The van der Waals surface area contributed by atoms with Gasteiger partial charge in [-0.05, 0) is 56.5 Å². The topological polar surface area (TPSA) is 59.0 Å². The van der Waals surface area contributed by atoms with Gasteiger partial charge in [0.15, 0.2) is 0 Å². The Morgan fingerprint density at radius 2 is 2.32 bits per heavy atom. The Hall–Kier alpha value is -1.56. The maximum Gasteiger partial charge on any atom is 0.254 e. The lowest BCUT2D eigenvalue weighted by Gasteiger charge is -2.10. The fraction of sp³-hybridized carbons (Fsp3) is 0.444. The fourth-order valence-corrected chi connectivity index (χ4v) is 3.36. The highest BCUT2D eigenvalue weighted by Crippen LogP contribution is 2.19. The molecule has 1 saturated heterocycles. The first kappa shape index (κ1) is 19.8. The minimum Gasteiger partial charge on any atom is -0.352 e. The number of hydrogen-bond donors (Lipinski definition) is 2. The molecule has 0 aliphatic carbocycles. The Bertz CT molecular complexity index is 711. The van der Waals surface area contributed by atoms with Crippen molar-refractivity contribution >= 4 is 29.9 Å². The average Bonchev–Trinajstić information content (AvgIpc) is 3.23. The molecule has 1 atom stereocenters. The van der Waals surface area contributed by atoms with Crippen LogP contribution in [0, 0.1) is 5.92 Å². The van der Waals surface area contributed by atoms with Crippen molar-refractivity contribution in [2.24, 2.45) is 5.92 Å². The number of amides is 1. The molecule has 0 spiro atoms. The average molecular weight is 383 g/mol. The second-order valence-corrected chi connectivity index (χ2v) is 6.59. The molecule has 1 aromatic heterocycles. The van der Waals surface area contributed by atoms with E-state index in [0.29, 0.717) is 23.0 Å². The molecule has 0 radical (unpaired) electrons. The van der Waals surface area contributed by atoms with Crippen molar-refractivity contribution in [3.05, 3.63) is 46.7 Å². The molecular formula is C18H24Cl2N4O. The zero-order chi connectivity index (χ0) is 16.9. The third-order valence-corrected chi connectivity index (χ3v) is 4.74. The van der Waals surface area contributed by atoms with E-state index in [1.165, 1.54) is 6.42 Å². The number of nitrogens with zero attached hydrogens (tertiary/aromatic N) is 2. The van der Waals surface area contributed by atoms with E-state index in [1.54, 1.807) is 10.9 Å². The molecule has 0 saturated carbocycles. The summed E-state index contributed by atoms with van der Waals surface area (Å²) in [6.45, 7) is 4.88. The Balaban J connectivity index is 0.00000225. The highest BCUT2D eigenvalue weighted by Gasteiger charge is 2.18. The first-order valence-corrected chi connectivity index (χ1v) is 8.88. The van der Waals surface area contributed by atoms with Crippen molar-refractivity contribution in [3.8, 4) is 5.69 Å². The van der Waals surface area contributed by atoms with Crippen molar-refractivity contribution in [1.82, 2.24) is 20.4 Å². The van der Waals surface area contributed by atoms with Gasteiger partial charge < -0.3 is 10.6 Å². The molecule has 25 heavy (non-hydrogen) atoms. The summed E-state index contributed by atoms with van der Waals surface area (Å²) in [7, 11) is 0. The Labute approximate surface area is 159 Å². The number of carbonyl (C=O) groups is 1. The van der Waals surface area contributed by atoms with Gasteiger partial charge in [-0.25, -0.2) is 4.68 Å². The molecular weight excluding hydrogens is 359 g/mol. The molecule has 7 heteroatoms. The molecule has 5 nitrogen and oxygen atoms in total. The summed E-state index contributed by atoms with van der Waals surface area (Å²) < 4.78 is 1.79. The molecule has 3 rings (SSSR count). The summed E-state index contributed by atoms with van der Waals surface area (Å²) in [4.78, 5) is 12.5. The van der Waals surface area contributed by atoms with Gasteiger partial charge in [0.2, 0.25) is 0 Å². The molecule has 1 amide bonds. The van der Waals surface area contributed by atoms with Crippen molar-refractivity contribution < 1.29 is 4.79 Å². The minimum absolute atomic E-state index is 0. The number of halogens is 2. The first-order valence-electron chi connectivity index (χ1n) is 8.50. The van der Waals surface area contributed by atoms with Gasteiger partial charge in [-0.2, -0.15) is 5.10 Å². The minimum atomic E-state index is -0.0499. The standard InChI is InChI=1S/C18H23ClN4O.ClH/c1-2-17-16(18(24)21-9-7-13-6-8-20-11-13)12-22-23(17)15-5-3-4-14(19)10-15;/h3-5,10,12-13,20H,2,6-9,11H2,1H3,(H,21,24);1H.